The zero-order valence-corrected chi connectivity index (χ0v) is 57.1. The van der Waals surface area contributed by atoms with Gasteiger partial charge in [0.25, 0.3) is 0 Å². The number of benzene rings is 8. The number of allylic oxidation sites excluding steroid dienone is 23. The second-order valence-electron chi connectivity index (χ2n) is 28.5. The van der Waals surface area contributed by atoms with Crippen LogP contribution in [0.25, 0.3) is 112 Å². The second-order valence-corrected chi connectivity index (χ2v) is 28.5. The molecule has 4 heteroatoms. The lowest BCUT2D eigenvalue weighted by molar-refractivity contribution is 0.822. The summed E-state index contributed by atoms with van der Waals surface area (Å²) in [5.41, 5.74) is 34.1. The van der Waals surface area contributed by atoms with Crippen molar-refractivity contribution in [1.29, 1.82) is 0 Å². The second kappa shape index (κ2) is 25.0. The Kier molecular flexibility index (Phi) is 15.0. The highest BCUT2D eigenvalue weighted by Crippen LogP contribution is 2.50. The van der Waals surface area contributed by atoms with Crippen LogP contribution in [-0.4, -0.2) is 19.7 Å². The minimum absolute atomic E-state index is 0.235. The fourth-order valence-electron chi connectivity index (χ4n) is 17.9. The molecule has 0 radical (unpaired) electrons. The average molecular weight is 1290 g/mol. The molecule has 484 valence electrons. The Morgan fingerprint density at radius 1 is 0.460 bits per heavy atom. The molecular weight excluding hydrogens is 1210 g/mol. The number of hydrogen-bond donors (Lipinski definition) is 0. The highest BCUT2D eigenvalue weighted by atomic mass is 15.2. The number of rotatable bonds is 12. The first-order chi connectivity index (χ1) is 49.5. The first-order valence-electron chi connectivity index (χ1n) is 36.7. The lowest BCUT2D eigenvalue weighted by atomic mass is 9.88. The van der Waals surface area contributed by atoms with Crippen LogP contribution in [0.1, 0.15) is 141 Å². The van der Waals surface area contributed by atoms with E-state index in [1.54, 1.807) is 0 Å². The third kappa shape index (κ3) is 10.2. The molecule has 11 aromatic rings. The smallest absolute Gasteiger partial charge is 0.0633 e. The Morgan fingerprint density at radius 2 is 1.13 bits per heavy atom. The predicted molar refractivity (Wildman–Crippen MR) is 427 cm³/mol. The van der Waals surface area contributed by atoms with Gasteiger partial charge in [-0.05, 0) is 254 Å². The predicted octanol–water partition coefficient (Wildman–Crippen LogP) is 23.6. The molecule has 0 spiro atoms. The Labute approximate surface area is 586 Å². The lowest BCUT2D eigenvalue weighted by Gasteiger charge is -2.30. The molecule has 0 fully saturated rings. The maximum atomic E-state index is 2.67. The fourth-order valence-corrected chi connectivity index (χ4v) is 17.9. The third-order valence-corrected chi connectivity index (χ3v) is 22.6. The van der Waals surface area contributed by atoms with Crippen LogP contribution in [0.15, 0.2) is 284 Å². The van der Waals surface area contributed by atoms with Crippen LogP contribution in [0, 0.1) is 0 Å². The van der Waals surface area contributed by atoms with E-state index in [0.29, 0.717) is 0 Å². The highest BCUT2D eigenvalue weighted by molar-refractivity contribution is 6.12. The van der Waals surface area contributed by atoms with Crippen LogP contribution in [0.2, 0.25) is 0 Å². The summed E-state index contributed by atoms with van der Waals surface area (Å²) >= 11 is 0. The van der Waals surface area contributed by atoms with Gasteiger partial charge in [-0.2, -0.15) is 0 Å². The molecule has 4 heterocycles. The third-order valence-electron chi connectivity index (χ3n) is 22.6. The van der Waals surface area contributed by atoms with E-state index in [1.807, 2.05) is 0 Å². The van der Waals surface area contributed by atoms with Gasteiger partial charge in [0.1, 0.15) is 0 Å². The normalized spacial score (nSPS) is 18.8. The largest absolute Gasteiger partial charge is 0.333 e. The average Bonchev–Trinajstić information content (AvgIpc) is 1.58. The molecule has 1 aliphatic heterocycles. The van der Waals surface area contributed by atoms with Crippen LogP contribution in [-0.2, 0) is 6.42 Å². The minimum atomic E-state index is 0.235. The molecule has 0 saturated carbocycles. The van der Waals surface area contributed by atoms with Gasteiger partial charge in [0.2, 0.25) is 0 Å². The first kappa shape index (κ1) is 60.0. The molecule has 0 bridgehead atoms. The minimum Gasteiger partial charge on any atom is -0.333 e. The summed E-state index contributed by atoms with van der Waals surface area (Å²) in [6.45, 7) is 4.37. The van der Waals surface area contributed by atoms with Crippen molar-refractivity contribution in [3.63, 3.8) is 0 Å². The van der Waals surface area contributed by atoms with Crippen LogP contribution in [0.5, 0.6) is 0 Å². The van der Waals surface area contributed by atoms with Gasteiger partial charge in [0.05, 0.1) is 28.1 Å². The Bertz CT molecular complexity index is 5880. The zero-order valence-electron chi connectivity index (χ0n) is 57.1. The highest BCUT2D eigenvalue weighted by Gasteiger charge is 2.36. The molecule has 8 aromatic carbocycles. The van der Waals surface area contributed by atoms with E-state index in [1.165, 1.54) is 177 Å². The molecule has 19 rings (SSSR count). The fraction of sp³-hybridized carbons (Fsp3) is 0.167. The molecule has 2 atom stereocenters. The number of aromatic nitrogens is 3. The van der Waals surface area contributed by atoms with E-state index in [2.05, 4.69) is 324 Å². The van der Waals surface area contributed by atoms with Crippen molar-refractivity contribution in [2.75, 3.05) is 4.90 Å². The zero-order chi connectivity index (χ0) is 66.4. The maximum Gasteiger partial charge on any atom is 0.0633 e. The van der Waals surface area contributed by atoms with Crippen molar-refractivity contribution in [3.8, 4) is 5.69 Å². The van der Waals surface area contributed by atoms with Gasteiger partial charge in [-0.1, -0.05) is 206 Å². The summed E-state index contributed by atoms with van der Waals surface area (Å²) in [6.07, 6.45) is 55.4. The van der Waals surface area contributed by atoms with Crippen molar-refractivity contribution in [3.05, 3.63) is 345 Å². The monoisotopic (exact) mass is 1290 g/mol. The number of anilines is 2. The molecule has 0 amide bonds. The summed E-state index contributed by atoms with van der Waals surface area (Å²) < 4.78 is 7.72. The van der Waals surface area contributed by atoms with Gasteiger partial charge >= 0.3 is 0 Å². The van der Waals surface area contributed by atoms with Crippen molar-refractivity contribution in [2.45, 2.75) is 103 Å². The molecule has 7 aliphatic carbocycles. The van der Waals surface area contributed by atoms with E-state index in [9.17, 15) is 0 Å². The van der Waals surface area contributed by atoms with E-state index in [-0.39, 0.29) is 12.0 Å². The lowest BCUT2D eigenvalue weighted by Crippen LogP contribution is -2.33. The molecule has 0 saturated heterocycles. The Morgan fingerprint density at radius 3 is 1.99 bits per heavy atom. The van der Waals surface area contributed by atoms with E-state index >= 15 is 0 Å². The molecule has 8 aliphatic rings. The summed E-state index contributed by atoms with van der Waals surface area (Å²) in [5.74, 6) is 0.286. The molecule has 0 N–H and O–H groups in total. The SMILES string of the molecule is C/C=C\C=C(/C)C1=C(n2c3c(c4c2=CCC(c2ccc5c(c2)c2ccccc2n5C2=CC(c5cccc(C6=CC(c7cccc(-n8c9ccccc9c9cc(C%10=CCC%11C(=C%10)c%10ccccc%10N%11c%10cccc(C%11=CCCC=C%11)c%10)ccc98)c7)=CCC6)c5)=CCC2)C=4)C=CCC3)CCC=C1. The Hall–Kier alpha value is -11.2. The van der Waals surface area contributed by atoms with E-state index < -0.39 is 0 Å². The summed E-state index contributed by atoms with van der Waals surface area (Å²) in [5, 5.41) is 7.97. The van der Waals surface area contributed by atoms with Gasteiger partial charge in [0, 0.05) is 83.3 Å². The van der Waals surface area contributed by atoms with Crippen LogP contribution >= 0.6 is 0 Å². The van der Waals surface area contributed by atoms with Crippen molar-refractivity contribution < 1.29 is 0 Å². The molecular formula is C96H80N4. The summed E-state index contributed by atoms with van der Waals surface area (Å²) in [7, 11) is 0. The molecule has 3 aromatic heterocycles. The quantitative estimate of drug-likeness (QED) is 0.112. The number of nitrogens with zero attached hydrogens (tertiary/aromatic N) is 4. The molecule has 4 nitrogen and oxygen atoms in total. The first-order valence-corrected chi connectivity index (χ1v) is 36.7. The number of hydrogen-bond acceptors (Lipinski definition) is 1. The molecule has 2 unspecified atom stereocenters. The van der Waals surface area contributed by atoms with Gasteiger partial charge < -0.3 is 18.6 Å². The van der Waals surface area contributed by atoms with Gasteiger partial charge in [-0.3, -0.25) is 0 Å². The van der Waals surface area contributed by atoms with E-state index in [0.717, 1.165) is 77.0 Å². The van der Waals surface area contributed by atoms with Crippen molar-refractivity contribution in [2.24, 2.45) is 0 Å². The van der Waals surface area contributed by atoms with Crippen LogP contribution in [0.4, 0.5) is 11.4 Å². The van der Waals surface area contributed by atoms with Crippen molar-refractivity contribution >= 4 is 118 Å². The number of para-hydroxylation sites is 3. The van der Waals surface area contributed by atoms with Gasteiger partial charge in [-0.15, -0.1) is 0 Å². The van der Waals surface area contributed by atoms with Crippen molar-refractivity contribution in [1.82, 2.24) is 13.7 Å². The maximum absolute atomic E-state index is 2.67. The Balaban J connectivity index is 0.598. The van der Waals surface area contributed by atoms with Crippen LogP contribution in [0.3, 0.4) is 0 Å². The van der Waals surface area contributed by atoms with E-state index in [4.69, 9.17) is 0 Å². The summed E-state index contributed by atoms with van der Waals surface area (Å²) in [4.78, 5) is 2.58. The summed E-state index contributed by atoms with van der Waals surface area (Å²) in [6, 6.07) is 69.6. The number of fused-ring (bicyclic) bond motifs is 12. The molecule has 100 heavy (non-hydrogen) atoms. The standard InChI is InChI=1S/C96H80N4/c1-3-4-23-63(2)79-36-8-13-41-88(79)100-92-45-17-12-40-83(92)87-62-75(49-53-96(87)100)74-48-52-95-86(61-74)82-39-11-16-44-91(82)99(95)78-35-22-32-71(58-78)68-29-19-27-66(55-68)65-26-18-28-67(54-65)70-31-21-34-77(57-70)98-90-43-15-10-38-81(90)85-60-73(47-51-94(85)98)72-46-50-93-84(59-72)80-37-9-14-42-89(80)97(93)76-33-20-30-69(56-76)64-24-6-5-7-25-64/h3-4,6,8-12,14-16,19-21,23-25,27-34,36-40,42-44,46-48,51-62,75,93H,5,7,13,17-18,22,26,35,41,45,49-50H2,1-2H3/b4-3-,63-23+. The topological polar surface area (TPSA) is 18.0 Å². The van der Waals surface area contributed by atoms with Gasteiger partial charge in [-0.25, -0.2) is 0 Å². The van der Waals surface area contributed by atoms with Crippen LogP contribution < -0.4 is 15.5 Å². The van der Waals surface area contributed by atoms with Gasteiger partial charge in [0.15, 0.2) is 0 Å².